The summed E-state index contributed by atoms with van der Waals surface area (Å²) in [6.45, 7) is 0. The van der Waals surface area contributed by atoms with Gasteiger partial charge in [-0.1, -0.05) is 218 Å². The van der Waals surface area contributed by atoms with Crippen molar-refractivity contribution in [2.75, 3.05) is 0 Å². The lowest BCUT2D eigenvalue weighted by Gasteiger charge is -2.15. The molecule has 10 aromatic rings. The van der Waals surface area contributed by atoms with Crippen molar-refractivity contribution in [3.05, 3.63) is 324 Å². The molecule has 0 radical (unpaired) electrons. The highest BCUT2D eigenvalue weighted by molar-refractivity contribution is 14.1. The summed E-state index contributed by atoms with van der Waals surface area (Å²) in [5.41, 5.74) is 20.8. The Hall–Kier alpha value is -5.96. The summed E-state index contributed by atoms with van der Waals surface area (Å²) in [6, 6.07) is 77.9. The maximum Gasteiger partial charge on any atom is 0.176 e. The molecular weight excluding hydrogens is 1430 g/mol. The van der Waals surface area contributed by atoms with E-state index in [-0.39, 0.29) is 0 Å². The maximum atomic E-state index is 12.6. The highest BCUT2D eigenvalue weighted by atomic mass is 127. The molecule has 376 valence electrons. The van der Waals surface area contributed by atoms with E-state index in [1.165, 1.54) is 179 Å². The third kappa shape index (κ3) is 11.1. The summed E-state index contributed by atoms with van der Waals surface area (Å²) in [6.07, 6.45) is 0. The van der Waals surface area contributed by atoms with Gasteiger partial charge in [0.1, 0.15) is 0 Å². The van der Waals surface area contributed by atoms with E-state index in [4.69, 9.17) is 0 Å². The van der Waals surface area contributed by atoms with Crippen molar-refractivity contribution in [2.24, 2.45) is 0 Å². The van der Waals surface area contributed by atoms with Gasteiger partial charge in [0, 0.05) is 0 Å². The molecule has 0 saturated heterocycles. The number of halogens is 12. The van der Waals surface area contributed by atoms with Gasteiger partial charge < -0.3 is 0 Å². The van der Waals surface area contributed by atoms with E-state index >= 15 is 0 Å². The summed E-state index contributed by atoms with van der Waals surface area (Å²) in [4.78, 5) is 0. The van der Waals surface area contributed by atoms with Crippen molar-refractivity contribution < 1.29 is 35.1 Å². The molecule has 0 nitrogen and oxygen atoms in total. The maximum absolute atomic E-state index is 12.6. The van der Waals surface area contributed by atoms with Gasteiger partial charge in [0.2, 0.25) is 0 Å². The van der Waals surface area contributed by atoms with E-state index in [1.807, 2.05) is 0 Å². The molecule has 0 bridgehead atoms. The van der Waals surface area contributed by atoms with E-state index in [2.05, 4.69) is 218 Å². The molecule has 0 aromatic heterocycles. The first kappa shape index (κ1) is 54.8. The lowest BCUT2D eigenvalue weighted by Crippen LogP contribution is -2.02. The van der Waals surface area contributed by atoms with Gasteiger partial charge in [-0.05, 0) is 179 Å². The second-order valence-electron chi connectivity index (χ2n) is 16.9. The summed E-state index contributed by atoms with van der Waals surface area (Å²) in [7, 11) is 0. The van der Waals surface area contributed by atoms with Gasteiger partial charge >= 0.3 is 0 Å². The molecule has 0 aliphatic heterocycles. The van der Waals surface area contributed by atoms with Crippen LogP contribution in [0.4, 0.5) is 35.1 Å². The van der Waals surface area contributed by atoms with Crippen LogP contribution in [0.3, 0.4) is 0 Å². The second kappa shape index (κ2) is 24.6. The molecule has 0 fully saturated rings. The van der Waals surface area contributed by atoms with Crippen LogP contribution in [-0.4, -0.2) is 0 Å². The van der Waals surface area contributed by atoms with Gasteiger partial charge in [0.15, 0.2) is 46.5 Å². The van der Waals surface area contributed by atoms with Crippen molar-refractivity contribution in [1.82, 2.24) is 0 Å². The van der Waals surface area contributed by atoms with Crippen LogP contribution in [0, 0.1) is 60.8 Å². The van der Waals surface area contributed by atoms with Crippen molar-refractivity contribution in [1.29, 1.82) is 0 Å². The molecule has 12 heteroatoms. The van der Waals surface area contributed by atoms with Crippen molar-refractivity contribution >= 4 is 113 Å². The van der Waals surface area contributed by atoms with E-state index < -0.39 is 60.8 Å². The fourth-order valence-electron chi connectivity index (χ4n) is 9.06. The number of fused-ring (bicyclic) bond motifs is 6. The lowest BCUT2D eigenvalue weighted by atomic mass is 9.88. The Labute approximate surface area is 488 Å². The molecule has 0 atom stereocenters. The first-order valence-electron chi connectivity index (χ1n) is 23.2. The van der Waals surface area contributed by atoms with Crippen LogP contribution in [-0.2, 0) is 0 Å². The van der Waals surface area contributed by atoms with Crippen LogP contribution in [0.5, 0.6) is 0 Å². The van der Waals surface area contributed by atoms with E-state index in [0.29, 0.717) is 0 Å². The van der Waals surface area contributed by atoms with E-state index in [9.17, 15) is 35.1 Å². The zero-order chi connectivity index (χ0) is 53.6. The standard InChI is InChI=1S/2C26H18.2C6F4I2/c2*1-3-11-19(12-4-1)25(20-13-5-2-6-14-20)26-23-17-9-7-15-21(23)22-16-8-10-18-24(22)26;2*7-1-2(8)6(12)4(10)3(9)5(1)11/h2*1-18H;;. The lowest BCUT2D eigenvalue weighted by molar-refractivity contribution is 0.437. The number of rotatable bonds is 4. The Morgan fingerprint density at radius 2 is 0.342 bits per heavy atom. The summed E-state index contributed by atoms with van der Waals surface area (Å²) >= 11 is 4.81. The number of hydrogen-bond donors (Lipinski definition) is 0. The van der Waals surface area contributed by atoms with Crippen LogP contribution in [0.1, 0.15) is 44.5 Å². The van der Waals surface area contributed by atoms with E-state index in [0.717, 1.165) is 0 Å². The van der Waals surface area contributed by atoms with Crippen LogP contribution in [0.15, 0.2) is 218 Å². The van der Waals surface area contributed by atoms with Gasteiger partial charge in [-0.25, -0.2) is 35.1 Å². The topological polar surface area (TPSA) is 0 Å². The highest BCUT2D eigenvalue weighted by Crippen LogP contribution is 2.50. The zero-order valence-electron chi connectivity index (χ0n) is 39.3. The first-order valence-corrected chi connectivity index (χ1v) is 27.5. The average molecular weight is 1460 g/mol. The van der Waals surface area contributed by atoms with Crippen molar-refractivity contribution in [3.63, 3.8) is 0 Å². The SMILES string of the molecule is Fc1c(F)c(I)c(F)c(F)c1I.Fc1c(F)c(I)c(F)c(F)c1I.c1ccc(C(=C2c3ccccc3-c3ccccc32)c2ccccc2)cc1.c1ccc(C(=C2c3ccccc3-c3ccccc32)c2ccccc2)cc1. The normalized spacial score (nSPS) is 11.4. The predicted octanol–water partition coefficient (Wildman–Crippen LogP) is 20.3. The van der Waals surface area contributed by atoms with Gasteiger partial charge in [0.05, 0.1) is 14.3 Å². The second-order valence-corrected chi connectivity index (χ2v) is 21.2. The van der Waals surface area contributed by atoms with E-state index in [1.54, 1.807) is 0 Å². The third-order valence-corrected chi connectivity index (χ3v) is 16.2. The minimum atomic E-state index is -1.35. The Morgan fingerprint density at radius 1 is 0.197 bits per heavy atom. The summed E-state index contributed by atoms with van der Waals surface area (Å²) in [5.74, 6) is -10.8. The molecule has 0 spiro atoms. The molecule has 10 aromatic carbocycles. The van der Waals surface area contributed by atoms with Crippen LogP contribution < -0.4 is 0 Å². The first-order chi connectivity index (χ1) is 36.8. The summed E-state index contributed by atoms with van der Waals surface area (Å²) < 4.78 is 98.5. The fourth-order valence-corrected chi connectivity index (χ4v) is 11.0. The molecule has 0 heterocycles. The van der Waals surface area contributed by atoms with Gasteiger partial charge in [-0.2, -0.15) is 0 Å². The minimum Gasteiger partial charge on any atom is -0.202 e. The molecular formula is C64H36F8I4. The number of hydrogen-bond acceptors (Lipinski definition) is 0. The average Bonchev–Trinajstić information content (AvgIpc) is 3.99. The Balaban J connectivity index is 0.000000132. The third-order valence-electron chi connectivity index (χ3n) is 12.4. The molecule has 2 aliphatic carbocycles. The Morgan fingerprint density at radius 3 is 0.513 bits per heavy atom. The minimum absolute atomic E-state index is 0.664. The molecule has 2 aliphatic rings. The zero-order valence-corrected chi connectivity index (χ0v) is 48.0. The van der Waals surface area contributed by atoms with Gasteiger partial charge in [0.25, 0.3) is 0 Å². The van der Waals surface area contributed by atoms with Gasteiger partial charge in [-0.15, -0.1) is 0 Å². The molecule has 12 rings (SSSR count). The molecule has 0 amide bonds. The summed E-state index contributed by atoms with van der Waals surface area (Å²) in [5, 5.41) is 0. The monoisotopic (exact) mass is 1460 g/mol. The van der Waals surface area contributed by atoms with Gasteiger partial charge in [-0.3, -0.25) is 0 Å². The number of benzene rings is 10. The Bertz CT molecular complexity index is 3190. The predicted molar refractivity (Wildman–Crippen MR) is 323 cm³/mol. The highest BCUT2D eigenvalue weighted by Gasteiger charge is 2.29. The quantitative estimate of drug-likeness (QED) is 0.0713. The molecule has 0 saturated carbocycles. The van der Waals surface area contributed by atoms with Crippen molar-refractivity contribution in [3.8, 4) is 22.3 Å². The van der Waals surface area contributed by atoms with Crippen LogP contribution >= 0.6 is 90.4 Å². The molecule has 0 unspecified atom stereocenters. The fraction of sp³-hybridized carbons (Fsp3) is 0. The molecule has 0 N–H and O–H groups in total. The van der Waals surface area contributed by atoms with Crippen molar-refractivity contribution in [2.45, 2.75) is 0 Å². The van der Waals surface area contributed by atoms with Crippen LogP contribution in [0.2, 0.25) is 0 Å². The smallest absolute Gasteiger partial charge is 0.176 e. The Kier molecular flexibility index (Phi) is 17.7. The molecule has 76 heavy (non-hydrogen) atoms. The van der Waals surface area contributed by atoms with Crippen LogP contribution in [0.25, 0.3) is 44.5 Å². The largest absolute Gasteiger partial charge is 0.202 e.